The zero-order valence-corrected chi connectivity index (χ0v) is 19.7. The summed E-state index contributed by atoms with van der Waals surface area (Å²) < 4.78 is 10.3. The predicted octanol–water partition coefficient (Wildman–Crippen LogP) is 5.06. The van der Waals surface area contributed by atoms with E-state index in [9.17, 15) is 14.9 Å². The van der Waals surface area contributed by atoms with Gasteiger partial charge in [0, 0.05) is 11.7 Å². The second-order valence-electron chi connectivity index (χ2n) is 6.84. The summed E-state index contributed by atoms with van der Waals surface area (Å²) in [6, 6.07) is 14.9. The lowest BCUT2D eigenvalue weighted by Gasteiger charge is -2.31. The third kappa shape index (κ3) is 5.04. The smallest absolute Gasteiger partial charge is 0.319 e. The molecule has 0 bridgehead atoms. The van der Waals surface area contributed by atoms with Crippen LogP contribution in [0, 0.1) is 17.2 Å². The normalized spacial score (nSPS) is 18.0. The van der Waals surface area contributed by atoms with Gasteiger partial charge in [-0.25, -0.2) is 0 Å². The van der Waals surface area contributed by atoms with E-state index in [1.54, 1.807) is 19.1 Å². The average molecular weight is 491 g/mol. The first-order chi connectivity index (χ1) is 15.4. The molecule has 2 aromatic carbocycles. The Bertz CT molecular complexity index is 1080. The molecule has 2 aromatic rings. The molecule has 2 atom stereocenters. The first-order valence-electron chi connectivity index (χ1n) is 9.72. The van der Waals surface area contributed by atoms with Crippen molar-refractivity contribution in [2.75, 3.05) is 13.7 Å². The van der Waals surface area contributed by atoms with Gasteiger partial charge >= 0.3 is 5.97 Å². The van der Waals surface area contributed by atoms with Gasteiger partial charge in [0.2, 0.25) is 5.91 Å². The standard InChI is InChI=1S/C23H20Cl2N2O4S/c1-3-31-20-16(24)9-14(10-17(20)25)18-15(11-26)22(27-21(28)19(18)23(29)30-2)32-12-13-7-5-4-6-8-13/h4-10,18-19H,3,12H2,1-2H3,(H,27,28)/t18-,19-/m1/s1. The number of nitriles is 1. The molecule has 1 N–H and O–H groups in total. The molecular formula is C23H20Cl2N2O4S. The van der Waals surface area contributed by atoms with Crippen LogP contribution in [0.25, 0.3) is 0 Å². The van der Waals surface area contributed by atoms with Gasteiger partial charge < -0.3 is 14.8 Å². The maximum Gasteiger partial charge on any atom is 0.319 e. The number of methoxy groups -OCH3 is 1. The Balaban J connectivity index is 2.09. The molecular weight excluding hydrogens is 471 g/mol. The molecule has 9 heteroatoms. The minimum atomic E-state index is -1.26. The van der Waals surface area contributed by atoms with E-state index in [1.807, 2.05) is 30.3 Å². The summed E-state index contributed by atoms with van der Waals surface area (Å²) in [5.41, 5.74) is 1.70. The van der Waals surface area contributed by atoms with E-state index >= 15 is 0 Å². The number of nitrogens with zero attached hydrogens (tertiary/aromatic N) is 1. The molecule has 0 radical (unpaired) electrons. The number of thioether (sulfide) groups is 1. The highest BCUT2D eigenvalue weighted by Crippen LogP contribution is 2.44. The number of esters is 1. The number of nitrogens with one attached hydrogen (secondary N) is 1. The molecule has 3 rings (SSSR count). The first kappa shape index (κ1) is 24.0. The summed E-state index contributed by atoms with van der Waals surface area (Å²) in [5.74, 6) is -2.66. The van der Waals surface area contributed by atoms with Crippen molar-refractivity contribution in [1.29, 1.82) is 5.26 Å². The van der Waals surface area contributed by atoms with Gasteiger partial charge in [0.1, 0.15) is 5.92 Å². The number of hydrogen-bond donors (Lipinski definition) is 1. The highest BCUT2D eigenvalue weighted by Gasteiger charge is 2.44. The van der Waals surface area contributed by atoms with Crippen LogP contribution >= 0.6 is 35.0 Å². The van der Waals surface area contributed by atoms with E-state index in [0.29, 0.717) is 28.7 Å². The van der Waals surface area contributed by atoms with Crippen LogP contribution in [0.15, 0.2) is 53.1 Å². The van der Waals surface area contributed by atoms with Gasteiger partial charge in [-0.15, -0.1) is 11.8 Å². The number of rotatable bonds is 7. The van der Waals surface area contributed by atoms with Crippen molar-refractivity contribution in [3.63, 3.8) is 0 Å². The largest absolute Gasteiger partial charge is 0.491 e. The summed E-state index contributed by atoms with van der Waals surface area (Å²) in [5, 5.41) is 13.5. The van der Waals surface area contributed by atoms with Gasteiger partial charge in [-0.3, -0.25) is 9.59 Å². The van der Waals surface area contributed by atoms with E-state index in [4.69, 9.17) is 32.7 Å². The van der Waals surface area contributed by atoms with E-state index < -0.39 is 23.7 Å². The van der Waals surface area contributed by atoms with Crippen LogP contribution in [-0.2, 0) is 20.1 Å². The molecule has 0 unspecified atom stereocenters. The molecule has 6 nitrogen and oxygen atoms in total. The fraction of sp³-hybridized carbons (Fsp3) is 0.261. The molecule has 0 spiro atoms. The summed E-state index contributed by atoms with van der Waals surface area (Å²) in [6.45, 7) is 2.16. The van der Waals surface area contributed by atoms with E-state index in [2.05, 4.69) is 11.4 Å². The number of allylic oxidation sites excluding steroid dienone is 1. The molecule has 0 aliphatic carbocycles. The molecule has 0 aromatic heterocycles. The van der Waals surface area contributed by atoms with Crippen LogP contribution in [0.1, 0.15) is 24.0 Å². The zero-order chi connectivity index (χ0) is 23.3. The third-order valence-corrected chi connectivity index (χ3v) is 6.53. The van der Waals surface area contributed by atoms with Crippen LogP contribution < -0.4 is 10.1 Å². The maximum atomic E-state index is 12.9. The molecule has 32 heavy (non-hydrogen) atoms. The molecule has 1 aliphatic heterocycles. The van der Waals surface area contributed by atoms with Crippen LogP contribution in [0.4, 0.5) is 0 Å². The number of hydrogen-bond acceptors (Lipinski definition) is 6. The quantitative estimate of drug-likeness (QED) is 0.430. The van der Waals surface area contributed by atoms with Gasteiger partial charge in [0.05, 0.1) is 40.4 Å². The van der Waals surface area contributed by atoms with Crippen LogP contribution in [0.5, 0.6) is 5.75 Å². The van der Waals surface area contributed by atoms with Crippen LogP contribution in [0.2, 0.25) is 10.0 Å². The number of benzene rings is 2. The summed E-state index contributed by atoms with van der Waals surface area (Å²) in [6.07, 6.45) is 0. The summed E-state index contributed by atoms with van der Waals surface area (Å²) >= 11 is 14.0. The van der Waals surface area contributed by atoms with Crippen molar-refractivity contribution in [1.82, 2.24) is 5.32 Å². The first-order valence-corrected chi connectivity index (χ1v) is 11.5. The van der Waals surface area contributed by atoms with Crippen LogP contribution in [-0.4, -0.2) is 25.6 Å². The molecule has 1 heterocycles. The van der Waals surface area contributed by atoms with Gasteiger partial charge in [-0.1, -0.05) is 53.5 Å². The van der Waals surface area contributed by atoms with E-state index in [-0.39, 0.29) is 15.6 Å². The Morgan fingerprint density at radius 3 is 2.44 bits per heavy atom. The van der Waals surface area contributed by atoms with Crippen molar-refractivity contribution < 1.29 is 19.1 Å². The second-order valence-corrected chi connectivity index (χ2v) is 8.64. The number of halogens is 2. The van der Waals surface area contributed by atoms with Crippen molar-refractivity contribution in [3.05, 3.63) is 74.2 Å². The van der Waals surface area contributed by atoms with Gasteiger partial charge in [-0.05, 0) is 30.2 Å². The Kier molecular flexibility index (Phi) is 8.08. The maximum absolute atomic E-state index is 12.9. The topological polar surface area (TPSA) is 88.4 Å². The molecule has 0 fully saturated rings. The van der Waals surface area contributed by atoms with Gasteiger partial charge in [0.15, 0.2) is 5.75 Å². The lowest BCUT2D eigenvalue weighted by atomic mass is 9.78. The highest BCUT2D eigenvalue weighted by atomic mass is 35.5. The third-order valence-electron chi connectivity index (χ3n) is 4.88. The number of amides is 1. The summed E-state index contributed by atoms with van der Waals surface area (Å²) in [7, 11) is 1.19. The van der Waals surface area contributed by atoms with Crippen molar-refractivity contribution >= 4 is 46.8 Å². The molecule has 1 aliphatic rings. The minimum absolute atomic E-state index is 0.222. The Morgan fingerprint density at radius 1 is 1.22 bits per heavy atom. The lowest BCUT2D eigenvalue weighted by Crippen LogP contribution is -2.44. The molecule has 0 saturated carbocycles. The van der Waals surface area contributed by atoms with Crippen molar-refractivity contribution in [3.8, 4) is 11.8 Å². The SMILES string of the molecule is CCOc1c(Cl)cc([C@@H]2C(C#N)=C(SCc3ccccc3)NC(=O)[C@@H]2C(=O)OC)cc1Cl. The number of ether oxygens (including phenoxy) is 2. The fourth-order valence-electron chi connectivity index (χ4n) is 3.45. The average Bonchev–Trinajstić information content (AvgIpc) is 2.79. The van der Waals surface area contributed by atoms with Gasteiger partial charge in [0.25, 0.3) is 0 Å². The molecule has 166 valence electrons. The van der Waals surface area contributed by atoms with E-state index in [1.165, 1.54) is 18.9 Å². The Morgan fingerprint density at radius 2 is 1.88 bits per heavy atom. The number of carbonyl (C=O) groups excluding carboxylic acids is 2. The van der Waals surface area contributed by atoms with Crippen molar-refractivity contribution in [2.24, 2.45) is 5.92 Å². The fourth-order valence-corrected chi connectivity index (χ4v) is 5.07. The molecule has 1 amide bonds. The number of carbonyl (C=O) groups is 2. The zero-order valence-electron chi connectivity index (χ0n) is 17.4. The lowest BCUT2D eigenvalue weighted by molar-refractivity contribution is -0.150. The summed E-state index contributed by atoms with van der Waals surface area (Å²) in [4.78, 5) is 25.5. The van der Waals surface area contributed by atoms with E-state index in [0.717, 1.165) is 5.56 Å². The Labute approximate surface area is 200 Å². The van der Waals surface area contributed by atoms with Gasteiger partial charge in [-0.2, -0.15) is 5.26 Å². The van der Waals surface area contributed by atoms with Crippen LogP contribution in [0.3, 0.4) is 0 Å². The highest BCUT2D eigenvalue weighted by molar-refractivity contribution is 8.02. The monoisotopic (exact) mass is 490 g/mol. The molecule has 0 saturated heterocycles. The minimum Gasteiger partial charge on any atom is -0.491 e. The predicted molar refractivity (Wildman–Crippen MR) is 124 cm³/mol. The van der Waals surface area contributed by atoms with Crippen molar-refractivity contribution in [2.45, 2.75) is 18.6 Å². The Hall–Kier alpha value is -2.66. The second kappa shape index (κ2) is 10.8.